The van der Waals surface area contributed by atoms with E-state index < -0.39 is 10.0 Å². The fraction of sp³-hybridized carbons (Fsp3) is 0.0417. The SMILES string of the molecule is Cc1ccn2cc(-c3cccc(NS(=O)(=O)c4cccc5ccccc45)c3)nc2c1. The summed E-state index contributed by atoms with van der Waals surface area (Å²) in [6, 6.07) is 24.1. The van der Waals surface area contributed by atoms with Crippen LogP contribution in [-0.2, 0) is 10.0 Å². The molecule has 5 nitrogen and oxygen atoms in total. The van der Waals surface area contributed by atoms with Crippen LogP contribution in [0.15, 0.2) is 96.2 Å². The van der Waals surface area contributed by atoms with Crippen molar-refractivity contribution in [2.75, 3.05) is 4.72 Å². The molecule has 2 heterocycles. The Morgan fingerprint density at radius 1 is 0.900 bits per heavy atom. The van der Waals surface area contributed by atoms with E-state index in [2.05, 4.69) is 9.71 Å². The number of hydrogen-bond donors (Lipinski definition) is 1. The Bertz CT molecular complexity index is 1500. The van der Waals surface area contributed by atoms with Gasteiger partial charge >= 0.3 is 0 Å². The van der Waals surface area contributed by atoms with Crippen molar-refractivity contribution in [2.45, 2.75) is 11.8 Å². The van der Waals surface area contributed by atoms with Gasteiger partial charge in [0.2, 0.25) is 0 Å². The molecule has 0 aliphatic rings. The molecule has 0 bridgehead atoms. The number of nitrogens with one attached hydrogen (secondary N) is 1. The van der Waals surface area contributed by atoms with E-state index in [4.69, 9.17) is 0 Å². The van der Waals surface area contributed by atoms with Gasteiger partial charge in [-0.15, -0.1) is 0 Å². The molecule has 5 aromatic rings. The third-order valence-electron chi connectivity index (χ3n) is 5.07. The number of pyridine rings is 1. The van der Waals surface area contributed by atoms with Gasteiger partial charge in [0.15, 0.2) is 0 Å². The zero-order valence-electron chi connectivity index (χ0n) is 16.3. The summed E-state index contributed by atoms with van der Waals surface area (Å²) < 4.78 is 30.9. The molecule has 0 fully saturated rings. The number of rotatable bonds is 4. The van der Waals surface area contributed by atoms with E-state index >= 15 is 0 Å². The first-order valence-corrected chi connectivity index (χ1v) is 11.0. The van der Waals surface area contributed by atoms with Gasteiger partial charge in [-0.25, -0.2) is 13.4 Å². The normalized spacial score (nSPS) is 11.8. The van der Waals surface area contributed by atoms with Gasteiger partial charge in [0.25, 0.3) is 10.0 Å². The maximum atomic E-state index is 13.1. The lowest BCUT2D eigenvalue weighted by Gasteiger charge is -2.11. The number of hydrogen-bond acceptors (Lipinski definition) is 3. The molecule has 0 amide bonds. The van der Waals surface area contributed by atoms with E-state index in [1.54, 1.807) is 24.3 Å². The summed E-state index contributed by atoms with van der Waals surface area (Å²) in [4.78, 5) is 4.92. The molecule has 0 saturated carbocycles. The van der Waals surface area contributed by atoms with Crippen molar-refractivity contribution in [3.63, 3.8) is 0 Å². The molecule has 30 heavy (non-hydrogen) atoms. The van der Waals surface area contributed by atoms with Gasteiger partial charge in [0.05, 0.1) is 10.6 Å². The predicted molar refractivity (Wildman–Crippen MR) is 120 cm³/mol. The van der Waals surface area contributed by atoms with Crippen LogP contribution in [0.3, 0.4) is 0 Å². The molecule has 5 rings (SSSR count). The van der Waals surface area contributed by atoms with Crippen LogP contribution in [0, 0.1) is 6.92 Å². The van der Waals surface area contributed by atoms with Crippen LogP contribution in [0.25, 0.3) is 27.7 Å². The molecule has 0 atom stereocenters. The number of anilines is 1. The smallest absolute Gasteiger partial charge is 0.262 e. The molecule has 0 radical (unpaired) electrons. The summed E-state index contributed by atoms with van der Waals surface area (Å²) in [5.41, 5.74) is 4.11. The Balaban J connectivity index is 1.52. The first-order chi connectivity index (χ1) is 14.5. The molecule has 148 valence electrons. The molecule has 0 unspecified atom stereocenters. The number of aromatic nitrogens is 2. The number of sulfonamides is 1. The molecule has 0 aliphatic heterocycles. The van der Waals surface area contributed by atoms with Gasteiger partial charge in [-0.05, 0) is 48.2 Å². The van der Waals surface area contributed by atoms with Crippen molar-refractivity contribution in [3.05, 3.63) is 96.8 Å². The van der Waals surface area contributed by atoms with E-state index in [0.717, 1.165) is 27.9 Å². The monoisotopic (exact) mass is 413 g/mol. The first kappa shape index (κ1) is 18.4. The minimum atomic E-state index is -3.74. The van der Waals surface area contributed by atoms with Crippen LogP contribution in [-0.4, -0.2) is 17.8 Å². The lowest BCUT2D eigenvalue weighted by molar-refractivity contribution is 0.602. The highest BCUT2D eigenvalue weighted by molar-refractivity contribution is 7.93. The maximum absolute atomic E-state index is 13.1. The van der Waals surface area contributed by atoms with Gasteiger partial charge in [-0.2, -0.15) is 0 Å². The molecular weight excluding hydrogens is 394 g/mol. The van der Waals surface area contributed by atoms with Crippen molar-refractivity contribution in [1.82, 2.24) is 9.38 Å². The second-order valence-electron chi connectivity index (χ2n) is 7.26. The standard InChI is InChI=1S/C24H19N3O2S/c1-17-12-13-27-16-22(25-24(27)14-17)19-8-4-9-20(15-19)26-30(28,29)23-11-5-7-18-6-2-3-10-21(18)23/h2-16,26H,1H3. The molecule has 0 aliphatic carbocycles. The summed E-state index contributed by atoms with van der Waals surface area (Å²) >= 11 is 0. The third-order valence-corrected chi connectivity index (χ3v) is 6.50. The summed E-state index contributed by atoms with van der Waals surface area (Å²) in [6.45, 7) is 2.02. The number of nitrogens with zero attached hydrogens (tertiary/aromatic N) is 2. The average molecular weight is 414 g/mol. The lowest BCUT2D eigenvalue weighted by Crippen LogP contribution is -2.13. The quantitative estimate of drug-likeness (QED) is 0.437. The second-order valence-corrected chi connectivity index (χ2v) is 8.91. The number of aryl methyl sites for hydroxylation is 1. The van der Waals surface area contributed by atoms with E-state index in [0.29, 0.717) is 11.1 Å². The van der Waals surface area contributed by atoms with Crippen molar-refractivity contribution in [1.29, 1.82) is 0 Å². The Morgan fingerprint density at radius 3 is 2.60 bits per heavy atom. The van der Waals surface area contributed by atoms with E-state index in [-0.39, 0.29) is 4.90 Å². The topological polar surface area (TPSA) is 63.5 Å². The number of benzene rings is 3. The zero-order valence-corrected chi connectivity index (χ0v) is 17.1. The van der Waals surface area contributed by atoms with Crippen LogP contribution in [0.5, 0.6) is 0 Å². The van der Waals surface area contributed by atoms with Gasteiger partial charge in [0, 0.05) is 29.0 Å². The molecule has 0 spiro atoms. The molecule has 0 saturated heterocycles. The Kier molecular flexibility index (Phi) is 4.29. The van der Waals surface area contributed by atoms with Crippen molar-refractivity contribution < 1.29 is 8.42 Å². The van der Waals surface area contributed by atoms with Gasteiger partial charge < -0.3 is 4.40 Å². The summed E-state index contributed by atoms with van der Waals surface area (Å²) in [5, 5.41) is 1.58. The highest BCUT2D eigenvalue weighted by Gasteiger charge is 2.17. The average Bonchev–Trinajstić information content (AvgIpc) is 3.16. The van der Waals surface area contributed by atoms with E-state index in [9.17, 15) is 8.42 Å². The second kappa shape index (κ2) is 7.00. The van der Waals surface area contributed by atoms with Crippen LogP contribution in [0.1, 0.15) is 5.56 Å². The van der Waals surface area contributed by atoms with Gasteiger partial charge in [0.1, 0.15) is 5.65 Å². The molecule has 2 aromatic heterocycles. The Hall–Kier alpha value is -3.64. The molecule has 1 N–H and O–H groups in total. The third kappa shape index (κ3) is 3.31. The predicted octanol–water partition coefficient (Wildman–Crippen LogP) is 5.26. The highest BCUT2D eigenvalue weighted by Crippen LogP contribution is 2.27. The molecule has 3 aromatic carbocycles. The number of imidazole rings is 1. The Morgan fingerprint density at radius 2 is 1.70 bits per heavy atom. The largest absolute Gasteiger partial charge is 0.306 e. The first-order valence-electron chi connectivity index (χ1n) is 9.56. The summed E-state index contributed by atoms with van der Waals surface area (Å²) in [6.07, 6.45) is 3.90. The maximum Gasteiger partial charge on any atom is 0.262 e. The van der Waals surface area contributed by atoms with Crippen LogP contribution in [0.4, 0.5) is 5.69 Å². The van der Waals surface area contributed by atoms with E-state index in [1.165, 1.54) is 0 Å². The van der Waals surface area contributed by atoms with Crippen LogP contribution >= 0.6 is 0 Å². The number of fused-ring (bicyclic) bond motifs is 2. The summed E-state index contributed by atoms with van der Waals surface area (Å²) in [5.74, 6) is 0. The van der Waals surface area contributed by atoms with Crippen molar-refractivity contribution >= 4 is 32.1 Å². The van der Waals surface area contributed by atoms with Crippen LogP contribution in [0.2, 0.25) is 0 Å². The van der Waals surface area contributed by atoms with Crippen LogP contribution < -0.4 is 4.72 Å². The lowest BCUT2D eigenvalue weighted by atomic mass is 10.1. The van der Waals surface area contributed by atoms with Gasteiger partial charge in [-0.3, -0.25) is 4.72 Å². The Labute approximate surface area is 174 Å². The minimum Gasteiger partial charge on any atom is -0.306 e. The molecule has 6 heteroatoms. The van der Waals surface area contributed by atoms with Crippen molar-refractivity contribution in [3.8, 4) is 11.3 Å². The molecular formula is C24H19N3O2S. The van der Waals surface area contributed by atoms with Gasteiger partial charge in [-0.1, -0.05) is 48.5 Å². The zero-order chi connectivity index (χ0) is 20.7. The minimum absolute atomic E-state index is 0.259. The van der Waals surface area contributed by atoms with Crippen molar-refractivity contribution in [2.24, 2.45) is 0 Å². The fourth-order valence-corrected chi connectivity index (χ4v) is 4.89. The highest BCUT2D eigenvalue weighted by atomic mass is 32.2. The summed E-state index contributed by atoms with van der Waals surface area (Å²) in [7, 11) is -3.74. The fourth-order valence-electron chi connectivity index (χ4n) is 3.60. The van der Waals surface area contributed by atoms with E-state index in [1.807, 2.05) is 78.3 Å².